The van der Waals surface area contributed by atoms with Gasteiger partial charge in [0.1, 0.15) is 5.60 Å². The Hall–Kier alpha value is -1.60. The van der Waals surface area contributed by atoms with Crippen molar-refractivity contribution >= 4 is 5.57 Å². The summed E-state index contributed by atoms with van der Waals surface area (Å²) in [5, 5.41) is 10.2. The van der Waals surface area contributed by atoms with Gasteiger partial charge in [0, 0.05) is 0 Å². The maximum atomic E-state index is 10.2. The summed E-state index contributed by atoms with van der Waals surface area (Å²) in [7, 11) is 0. The Bertz CT molecular complexity index is 385. The lowest BCUT2D eigenvalue weighted by atomic mass is 9.89. The lowest BCUT2D eigenvalue weighted by molar-refractivity contribution is 0.174. The molecule has 0 spiro atoms. The minimum atomic E-state index is -1.01. The molecule has 0 aliphatic heterocycles. The van der Waals surface area contributed by atoms with Crippen LogP contribution in [-0.4, -0.2) is 10.7 Å². The molecule has 1 rings (SSSR count). The second-order valence-electron chi connectivity index (χ2n) is 3.86. The van der Waals surface area contributed by atoms with Gasteiger partial charge in [0.15, 0.2) is 0 Å². The molecule has 0 radical (unpaired) electrons. The SMILES string of the molecule is C=CC/C=C(/c1ccccc1)C(C)(O)C=C. The summed E-state index contributed by atoms with van der Waals surface area (Å²) in [5.41, 5.74) is 0.863. The molecule has 1 nitrogen and oxygen atoms in total. The molecule has 1 aromatic rings. The Labute approximate surface area is 97.4 Å². The topological polar surface area (TPSA) is 20.2 Å². The maximum absolute atomic E-state index is 10.2. The molecule has 1 heteroatoms. The molecule has 0 heterocycles. The first-order valence-corrected chi connectivity index (χ1v) is 5.34. The first-order valence-electron chi connectivity index (χ1n) is 5.34. The number of hydrogen-bond donors (Lipinski definition) is 1. The van der Waals surface area contributed by atoms with E-state index in [0.717, 1.165) is 17.6 Å². The molecule has 84 valence electrons. The first-order chi connectivity index (χ1) is 7.61. The highest BCUT2D eigenvalue weighted by molar-refractivity contribution is 5.73. The number of hydrogen-bond acceptors (Lipinski definition) is 1. The van der Waals surface area contributed by atoms with E-state index in [2.05, 4.69) is 13.2 Å². The van der Waals surface area contributed by atoms with Crippen molar-refractivity contribution in [2.75, 3.05) is 0 Å². The van der Waals surface area contributed by atoms with Crippen molar-refractivity contribution in [3.63, 3.8) is 0 Å². The Morgan fingerprint density at radius 3 is 2.44 bits per heavy atom. The van der Waals surface area contributed by atoms with Crippen LogP contribution in [-0.2, 0) is 0 Å². The number of benzene rings is 1. The van der Waals surface area contributed by atoms with Gasteiger partial charge in [0.2, 0.25) is 0 Å². The first kappa shape index (κ1) is 12.5. The van der Waals surface area contributed by atoms with E-state index in [1.54, 1.807) is 13.0 Å². The largest absolute Gasteiger partial charge is 0.381 e. The van der Waals surface area contributed by atoms with Gasteiger partial charge in [-0.05, 0) is 24.5 Å². The average Bonchev–Trinajstić information content (AvgIpc) is 2.31. The van der Waals surface area contributed by atoms with Gasteiger partial charge in [-0.3, -0.25) is 0 Å². The Morgan fingerprint density at radius 1 is 1.31 bits per heavy atom. The lowest BCUT2D eigenvalue weighted by Crippen LogP contribution is -2.22. The van der Waals surface area contributed by atoms with E-state index in [-0.39, 0.29) is 0 Å². The van der Waals surface area contributed by atoms with Crippen molar-refractivity contribution in [1.82, 2.24) is 0 Å². The van der Waals surface area contributed by atoms with Gasteiger partial charge in [-0.1, -0.05) is 55.1 Å². The molecule has 1 N–H and O–H groups in total. The van der Waals surface area contributed by atoms with Gasteiger partial charge in [-0.15, -0.1) is 6.58 Å². The van der Waals surface area contributed by atoms with Gasteiger partial charge in [-0.2, -0.15) is 0 Å². The van der Waals surface area contributed by atoms with Crippen LogP contribution < -0.4 is 0 Å². The summed E-state index contributed by atoms with van der Waals surface area (Å²) in [6, 6.07) is 9.82. The van der Waals surface area contributed by atoms with Crippen molar-refractivity contribution < 1.29 is 5.11 Å². The van der Waals surface area contributed by atoms with Crippen LogP contribution in [0.25, 0.3) is 5.57 Å². The number of aliphatic hydroxyl groups is 1. The van der Waals surface area contributed by atoms with Crippen LogP contribution in [0, 0.1) is 0 Å². The molecule has 0 aromatic heterocycles. The molecule has 0 bridgehead atoms. The summed E-state index contributed by atoms with van der Waals surface area (Å²) in [5.74, 6) is 0. The smallest absolute Gasteiger partial charge is 0.105 e. The molecule has 0 aliphatic carbocycles. The lowest BCUT2D eigenvalue weighted by Gasteiger charge is -2.23. The van der Waals surface area contributed by atoms with E-state index in [1.165, 1.54) is 0 Å². The molecule has 1 atom stereocenters. The van der Waals surface area contributed by atoms with Gasteiger partial charge >= 0.3 is 0 Å². The van der Waals surface area contributed by atoms with E-state index in [1.807, 2.05) is 42.5 Å². The van der Waals surface area contributed by atoms with Crippen LogP contribution in [0.3, 0.4) is 0 Å². The zero-order chi connectivity index (χ0) is 12.0. The quantitative estimate of drug-likeness (QED) is 0.743. The van der Waals surface area contributed by atoms with Crippen LogP contribution in [0.15, 0.2) is 61.7 Å². The Balaban J connectivity index is 3.16. The van der Waals surface area contributed by atoms with Gasteiger partial charge in [-0.25, -0.2) is 0 Å². The highest BCUT2D eigenvalue weighted by Crippen LogP contribution is 2.28. The molecular formula is C15H18O. The Kier molecular flexibility index (Phi) is 4.27. The fourth-order valence-corrected chi connectivity index (χ4v) is 1.55. The zero-order valence-corrected chi connectivity index (χ0v) is 9.69. The van der Waals surface area contributed by atoms with Crippen LogP contribution >= 0.6 is 0 Å². The second-order valence-corrected chi connectivity index (χ2v) is 3.86. The Morgan fingerprint density at radius 2 is 1.94 bits per heavy atom. The van der Waals surface area contributed by atoms with E-state index >= 15 is 0 Å². The number of allylic oxidation sites excluding steroid dienone is 2. The third-order valence-corrected chi connectivity index (χ3v) is 2.52. The molecule has 0 amide bonds. The fourth-order valence-electron chi connectivity index (χ4n) is 1.55. The monoisotopic (exact) mass is 214 g/mol. The molecular weight excluding hydrogens is 196 g/mol. The van der Waals surface area contributed by atoms with Gasteiger partial charge in [0.05, 0.1) is 0 Å². The molecule has 0 saturated heterocycles. The summed E-state index contributed by atoms with van der Waals surface area (Å²) in [4.78, 5) is 0. The van der Waals surface area contributed by atoms with E-state index in [9.17, 15) is 5.11 Å². The summed E-state index contributed by atoms with van der Waals surface area (Å²) in [6.07, 6.45) is 6.06. The molecule has 1 aromatic carbocycles. The minimum Gasteiger partial charge on any atom is -0.381 e. The molecule has 16 heavy (non-hydrogen) atoms. The van der Waals surface area contributed by atoms with Crippen molar-refractivity contribution in [3.05, 3.63) is 67.3 Å². The zero-order valence-electron chi connectivity index (χ0n) is 9.69. The normalized spacial score (nSPS) is 15.2. The molecule has 1 unspecified atom stereocenters. The van der Waals surface area contributed by atoms with E-state index in [0.29, 0.717) is 0 Å². The summed E-state index contributed by atoms with van der Waals surface area (Å²) < 4.78 is 0. The maximum Gasteiger partial charge on any atom is 0.105 e. The third kappa shape index (κ3) is 2.94. The van der Waals surface area contributed by atoms with Crippen LogP contribution in [0.1, 0.15) is 18.9 Å². The third-order valence-electron chi connectivity index (χ3n) is 2.52. The van der Waals surface area contributed by atoms with Crippen molar-refractivity contribution in [2.24, 2.45) is 0 Å². The summed E-state index contributed by atoms with van der Waals surface area (Å²) in [6.45, 7) is 9.09. The summed E-state index contributed by atoms with van der Waals surface area (Å²) >= 11 is 0. The highest BCUT2D eigenvalue weighted by Gasteiger charge is 2.22. The van der Waals surface area contributed by atoms with Crippen LogP contribution in [0.4, 0.5) is 0 Å². The standard InChI is InChI=1S/C15H18O/c1-4-6-12-14(15(3,16)5-2)13-10-8-7-9-11-13/h4-5,7-12,16H,1-2,6H2,3H3/b14-12-. The second kappa shape index (κ2) is 5.47. The fraction of sp³-hybridized carbons (Fsp3) is 0.200. The van der Waals surface area contributed by atoms with Gasteiger partial charge in [0.25, 0.3) is 0 Å². The predicted molar refractivity (Wildman–Crippen MR) is 70.1 cm³/mol. The molecule has 0 aliphatic rings. The average molecular weight is 214 g/mol. The van der Waals surface area contributed by atoms with E-state index < -0.39 is 5.60 Å². The van der Waals surface area contributed by atoms with Gasteiger partial charge < -0.3 is 5.11 Å². The molecule has 0 fully saturated rings. The number of rotatable bonds is 5. The minimum absolute atomic E-state index is 0.730. The molecule has 0 saturated carbocycles. The van der Waals surface area contributed by atoms with Crippen LogP contribution in [0.5, 0.6) is 0 Å². The van der Waals surface area contributed by atoms with E-state index in [4.69, 9.17) is 0 Å². The highest BCUT2D eigenvalue weighted by atomic mass is 16.3. The van der Waals surface area contributed by atoms with Crippen molar-refractivity contribution in [3.8, 4) is 0 Å². The van der Waals surface area contributed by atoms with Crippen molar-refractivity contribution in [2.45, 2.75) is 18.9 Å². The predicted octanol–water partition coefficient (Wildman–Crippen LogP) is 3.58. The van der Waals surface area contributed by atoms with Crippen molar-refractivity contribution in [1.29, 1.82) is 0 Å². The van der Waals surface area contributed by atoms with Crippen LogP contribution in [0.2, 0.25) is 0 Å².